The molecule has 4 rings (SSSR count). The van der Waals surface area contributed by atoms with Crippen LogP contribution in [-0.4, -0.2) is 14.9 Å². The molecule has 136 valence electrons. The number of halogens is 2. The van der Waals surface area contributed by atoms with Crippen LogP contribution in [0, 0.1) is 0 Å². The number of carbonyl (C=O) groups is 1. The van der Waals surface area contributed by atoms with E-state index in [1.165, 1.54) is 0 Å². The number of carbonyl (C=O) groups excluding carboxylic acids is 1. The second-order valence-corrected chi connectivity index (χ2v) is 7.47. The average molecular weight is 399 g/mol. The van der Waals surface area contributed by atoms with E-state index >= 15 is 0 Å². The Kier molecular flexibility index (Phi) is 4.13. The maximum Gasteiger partial charge on any atom is 0.259 e. The van der Waals surface area contributed by atoms with Crippen molar-refractivity contribution in [1.82, 2.24) is 9.13 Å². The Hall–Kier alpha value is -2.56. The molecule has 0 spiro atoms. The van der Waals surface area contributed by atoms with Gasteiger partial charge in [0.2, 0.25) is 0 Å². The molecule has 27 heavy (non-hydrogen) atoms. The normalized spacial score (nSPS) is 11.4. The van der Waals surface area contributed by atoms with Crippen LogP contribution in [0.15, 0.2) is 47.3 Å². The van der Waals surface area contributed by atoms with Crippen LogP contribution in [0.5, 0.6) is 0 Å². The monoisotopic (exact) mass is 398 g/mol. The van der Waals surface area contributed by atoms with Gasteiger partial charge in [0.25, 0.3) is 5.56 Å². The van der Waals surface area contributed by atoms with E-state index in [1.807, 2.05) is 29.8 Å². The molecule has 0 aliphatic carbocycles. The summed E-state index contributed by atoms with van der Waals surface area (Å²) < 4.78 is 3.58. The van der Waals surface area contributed by atoms with Gasteiger partial charge < -0.3 is 4.57 Å². The number of aromatic nitrogens is 2. The van der Waals surface area contributed by atoms with Gasteiger partial charge in [-0.2, -0.15) is 0 Å². The van der Waals surface area contributed by atoms with E-state index in [9.17, 15) is 9.59 Å². The summed E-state index contributed by atoms with van der Waals surface area (Å²) in [6.07, 6.45) is 0. The Morgan fingerprint density at radius 1 is 0.889 bits per heavy atom. The van der Waals surface area contributed by atoms with E-state index in [4.69, 9.17) is 23.2 Å². The van der Waals surface area contributed by atoms with E-state index in [1.54, 1.807) is 42.8 Å². The lowest BCUT2D eigenvalue weighted by Gasteiger charge is -2.09. The summed E-state index contributed by atoms with van der Waals surface area (Å²) in [4.78, 5) is 24.9. The van der Waals surface area contributed by atoms with Crippen molar-refractivity contribution in [3.05, 3.63) is 68.4 Å². The molecule has 2 aromatic carbocycles. The molecule has 0 N–H and O–H groups in total. The number of Topliss-reactive ketones (excluding diaryl/α,β-unsaturated/α-hetero) is 1. The van der Waals surface area contributed by atoms with Gasteiger partial charge in [-0.15, -0.1) is 0 Å². The number of fused-ring (bicyclic) bond motifs is 3. The van der Waals surface area contributed by atoms with Gasteiger partial charge in [0, 0.05) is 46.6 Å². The van der Waals surface area contributed by atoms with Crippen LogP contribution >= 0.6 is 23.2 Å². The van der Waals surface area contributed by atoms with E-state index in [0.717, 1.165) is 21.9 Å². The van der Waals surface area contributed by atoms with Crippen molar-refractivity contribution in [2.75, 3.05) is 0 Å². The second-order valence-electron chi connectivity index (χ2n) is 6.63. The Morgan fingerprint density at radius 3 is 2.30 bits per heavy atom. The van der Waals surface area contributed by atoms with E-state index in [0.29, 0.717) is 26.7 Å². The summed E-state index contributed by atoms with van der Waals surface area (Å²) in [6, 6.07) is 12.5. The zero-order valence-electron chi connectivity index (χ0n) is 15.0. The van der Waals surface area contributed by atoms with Crippen LogP contribution in [0.2, 0.25) is 10.0 Å². The average Bonchev–Trinajstić information content (AvgIpc) is 2.90. The molecule has 0 saturated carbocycles. The maximum atomic E-state index is 13.0. The predicted octanol–water partition coefficient (Wildman–Crippen LogP) is 5.21. The lowest BCUT2D eigenvalue weighted by Crippen LogP contribution is -2.20. The fourth-order valence-corrected chi connectivity index (χ4v) is 4.12. The fourth-order valence-electron chi connectivity index (χ4n) is 3.61. The summed E-state index contributed by atoms with van der Waals surface area (Å²) in [6.45, 7) is 1.54. The van der Waals surface area contributed by atoms with Crippen LogP contribution in [-0.2, 0) is 14.1 Å². The Bertz CT molecular complexity index is 1320. The molecule has 6 heteroatoms. The molecule has 0 bridgehead atoms. The molecule has 0 atom stereocenters. The van der Waals surface area contributed by atoms with Crippen LogP contribution < -0.4 is 5.56 Å². The fraction of sp³-hybridized carbons (Fsp3) is 0.143. The largest absolute Gasteiger partial charge is 0.330 e. The van der Waals surface area contributed by atoms with Crippen molar-refractivity contribution in [3.8, 4) is 11.1 Å². The summed E-state index contributed by atoms with van der Waals surface area (Å²) >= 11 is 12.3. The molecule has 0 saturated heterocycles. The number of hydrogen-bond acceptors (Lipinski definition) is 2. The highest BCUT2D eigenvalue weighted by molar-refractivity contribution is 6.36. The van der Waals surface area contributed by atoms with Crippen molar-refractivity contribution in [2.24, 2.45) is 14.1 Å². The van der Waals surface area contributed by atoms with Gasteiger partial charge in [-0.25, -0.2) is 0 Å². The second kappa shape index (κ2) is 6.25. The Labute approximate surface area is 165 Å². The van der Waals surface area contributed by atoms with Gasteiger partial charge in [-0.3, -0.25) is 14.2 Å². The lowest BCUT2D eigenvalue weighted by molar-refractivity contribution is 0.101. The molecule has 0 radical (unpaired) electrons. The molecule has 0 unspecified atom stereocenters. The smallest absolute Gasteiger partial charge is 0.259 e. The molecule has 4 nitrogen and oxygen atoms in total. The zero-order chi connectivity index (χ0) is 19.5. The minimum atomic E-state index is -0.149. The van der Waals surface area contributed by atoms with Crippen LogP contribution in [0.1, 0.15) is 17.3 Å². The third-order valence-corrected chi connectivity index (χ3v) is 5.52. The number of benzene rings is 2. The summed E-state index contributed by atoms with van der Waals surface area (Å²) in [5.41, 5.74) is 3.34. The van der Waals surface area contributed by atoms with Gasteiger partial charge in [-0.05, 0) is 43.3 Å². The van der Waals surface area contributed by atoms with E-state index < -0.39 is 0 Å². The predicted molar refractivity (Wildman–Crippen MR) is 111 cm³/mol. The minimum Gasteiger partial charge on any atom is -0.330 e. The first kappa shape index (κ1) is 17.8. The number of hydrogen-bond donors (Lipinski definition) is 0. The van der Waals surface area contributed by atoms with Gasteiger partial charge in [0.1, 0.15) is 5.65 Å². The minimum absolute atomic E-state index is 0.000285. The Morgan fingerprint density at radius 2 is 1.63 bits per heavy atom. The van der Waals surface area contributed by atoms with E-state index in [2.05, 4.69) is 0 Å². The first-order chi connectivity index (χ1) is 12.8. The van der Waals surface area contributed by atoms with Gasteiger partial charge >= 0.3 is 0 Å². The van der Waals surface area contributed by atoms with Crippen molar-refractivity contribution < 1.29 is 4.79 Å². The van der Waals surface area contributed by atoms with Gasteiger partial charge in [0.15, 0.2) is 5.78 Å². The van der Waals surface area contributed by atoms with Crippen molar-refractivity contribution in [1.29, 1.82) is 0 Å². The first-order valence-electron chi connectivity index (χ1n) is 8.38. The van der Waals surface area contributed by atoms with Gasteiger partial charge in [-0.1, -0.05) is 29.3 Å². The maximum absolute atomic E-state index is 13.0. The molecular formula is C21H16Cl2N2O2. The van der Waals surface area contributed by atoms with Crippen molar-refractivity contribution >= 4 is 50.9 Å². The van der Waals surface area contributed by atoms with Crippen molar-refractivity contribution in [3.63, 3.8) is 0 Å². The molecule has 4 aromatic rings. The number of ketones is 1. The summed E-state index contributed by atoms with van der Waals surface area (Å²) in [5.74, 6) is -0.000285. The molecule has 0 aliphatic rings. The number of nitrogens with zero attached hydrogens (tertiary/aromatic N) is 2. The van der Waals surface area contributed by atoms with Crippen molar-refractivity contribution in [2.45, 2.75) is 6.92 Å². The lowest BCUT2D eigenvalue weighted by atomic mass is 10.0. The number of rotatable bonds is 2. The molecule has 0 aliphatic heterocycles. The summed E-state index contributed by atoms with van der Waals surface area (Å²) in [5, 5.41) is 2.74. The molecule has 0 amide bonds. The highest BCUT2D eigenvalue weighted by Gasteiger charge is 2.18. The molecule has 0 fully saturated rings. The van der Waals surface area contributed by atoms with Crippen LogP contribution in [0.3, 0.4) is 0 Å². The number of pyridine rings is 1. The Balaban J connectivity index is 2.15. The topological polar surface area (TPSA) is 44.0 Å². The van der Waals surface area contributed by atoms with Crippen LogP contribution in [0.25, 0.3) is 33.1 Å². The first-order valence-corrected chi connectivity index (χ1v) is 9.13. The van der Waals surface area contributed by atoms with Crippen LogP contribution in [0.4, 0.5) is 0 Å². The highest BCUT2D eigenvalue weighted by atomic mass is 35.5. The quantitative estimate of drug-likeness (QED) is 0.435. The zero-order valence-corrected chi connectivity index (χ0v) is 16.5. The molecular weight excluding hydrogens is 383 g/mol. The van der Waals surface area contributed by atoms with E-state index in [-0.39, 0.29) is 11.3 Å². The standard InChI is InChI=1S/C21H16Cl2N2O2/c1-11(26)12-4-7-19-15(8-12)16-10-17(14-6-5-13(22)9-18(14)23)21(27)25(3)20(16)24(19)2/h4-10H,1-3H3. The third kappa shape index (κ3) is 2.68. The summed E-state index contributed by atoms with van der Waals surface area (Å²) in [7, 11) is 3.65. The van der Waals surface area contributed by atoms with Gasteiger partial charge in [0.05, 0.1) is 10.5 Å². The third-order valence-electron chi connectivity index (χ3n) is 4.98. The number of aryl methyl sites for hydroxylation is 2. The highest BCUT2D eigenvalue weighted by Crippen LogP contribution is 2.33. The molecule has 2 aromatic heterocycles. The SMILES string of the molecule is CC(=O)c1ccc2c(c1)c1cc(-c3ccc(Cl)cc3Cl)c(=O)n(C)c1n2C. The molecule has 2 heterocycles.